The van der Waals surface area contributed by atoms with Crippen LogP contribution >= 0.6 is 12.2 Å². The van der Waals surface area contributed by atoms with Crippen LogP contribution in [0.5, 0.6) is 0 Å². The molecule has 6 heteroatoms. The molecular formula is C13H14FN3OS. The molecule has 0 amide bonds. The molecule has 0 saturated heterocycles. The molecule has 2 heterocycles. The van der Waals surface area contributed by atoms with Crippen molar-refractivity contribution in [2.24, 2.45) is 0 Å². The van der Waals surface area contributed by atoms with Gasteiger partial charge in [-0.2, -0.15) is 0 Å². The summed E-state index contributed by atoms with van der Waals surface area (Å²) >= 11 is 5.01. The minimum absolute atomic E-state index is 0.211. The van der Waals surface area contributed by atoms with E-state index in [1.165, 1.54) is 12.3 Å². The predicted molar refractivity (Wildman–Crippen MR) is 72.2 cm³/mol. The molecule has 0 fully saturated rings. The first-order valence-corrected chi connectivity index (χ1v) is 6.49. The molecule has 2 rings (SSSR count). The van der Waals surface area contributed by atoms with Gasteiger partial charge in [-0.25, -0.2) is 4.39 Å². The number of imidazole rings is 1. The van der Waals surface area contributed by atoms with Crippen molar-refractivity contribution in [2.75, 3.05) is 0 Å². The summed E-state index contributed by atoms with van der Waals surface area (Å²) in [6.45, 7) is 2.07. The van der Waals surface area contributed by atoms with Gasteiger partial charge >= 0.3 is 0 Å². The Labute approximate surface area is 115 Å². The Hall–Kier alpha value is -1.82. The Morgan fingerprint density at radius 2 is 2.21 bits per heavy atom. The first kappa shape index (κ1) is 13.6. The average Bonchev–Trinajstić information content (AvgIpc) is 2.76. The first-order valence-electron chi connectivity index (χ1n) is 6.08. The molecule has 2 N–H and O–H groups in total. The molecule has 0 aromatic carbocycles. The van der Waals surface area contributed by atoms with Gasteiger partial charge in [0.15, 0.2) is 4.77 Å². The normalized spacial score (nSPS) is 10.6. The summed E-state index contributed by atoms with van der Waals surface area (Å²) in [7, 11) is 0. The number of aromatic nitrogens is 3. The van der Waals surface area contributed by atoms with Crippen LogP contribution in [-0.4, -0.2) is 20.7 Å². The highest BCUT2D eigenvalue weighted by Crippen LogP contribution is 2.14. The first-order chi connectivity index (χ1) is 9.11. The number of hydrogen-bond acceptors (Lipinski definition) is 3. The van der Waals surface area contributed by atoms with E-state index in [9.17, 15) is 9.18 Å². The number of carbonyl (C=O) groups is 1. The van der Waals surface area contributed by atoms with E-state index < -0.39 is 5.82 Å². The second-order valence-corrected chi connectivity index (χ2v) is 4.67. The van der Waals surface area contributed by atoms with Gasteiger partial charge in [0.2, 0.25) is 5.78 Å². The zero-order valence-electron chi connectivity index (χ0n) is 10.5. The van der Waals surface area contributed by atoms with Crippen LogP contribution < -0.4 is 0 Å². The van der Waals surface area contributed by atoms with Gasteiger partial charge in [-0.05, 0) is 31.1 Å². The molecule has 19 heavy (non-hydrogen) atoms. The molecule has 0 bridgehead atoms. The average molecular weight is 279 g/mol. The van der Waals surface area contributed by atoms with E-state index in [4.69, 9.17) is 12.2 Å². The number of carbonyl (C=O) groups excluding carboxylic acids is 1. The number of nitrogens with zero attached hydrogens (tertiary/aromatic N) is 1. The molecule has 4 nitrogen and oxygen atoms in total. The number of nitrogens with one attached hydrogen (secondary N) is 2. The highest BCUT2D eigenvalue weighted by molar-refractivity contribution is 7.71. The fraction of sp³-hybridized carbons (Fsp3) is 0.308. The Kier molecular flexibility index (Phi) is 4.21. The topological polar surface area (TPSA) is 61.5 Å². The van der Waals surface area contributed by atoms with Crippen molar-refractivity contribution in [1.29, 1.82) is 0 Å². The lowest BCUT2D eigenvalue weighted by Gasteiger charge is -2.02. The van der Waals surface area contributed by atoms with Crippen LogP contribution in [0.3, 0.4) is 0 Å². The summed E-state index contributed by atoms with van der Waals surface area (Å²) < 4.78 is 13.5. The summed E-state index contributed by atoms with van der Waals surface area (Å²) in [5.41, 5.74) is 1.37. The lowest BCUT2D eigenvalue weighted by atomic mass is 10.1. The van der Waals surface area contributed by atoms with Gasteiger partial charge < -0.3 is 9.97 Å². The van der Waals surface area contributed by atoms with Crippen molar-refractivity contribution in [2.45, 2.75) is 26.2 Å². The number of aromatic amines is 2. The molecule has 0 unspecified atom stereocenters. The van der Waals surface area contributed by atoms with Crippen LogP contribution in [-0.2, 0) is 6.42 Å². The van der Waals surface area contributed by atoms with E-state index in [1.54, 1.807) is 0 Å². The van der Waals surface area contributed by atoms with Crippen LogP contribution in [0.25, 0.3) is 0 Å². The van der Waals surface area contributed by atoms with Crippen molar-refractivity contribution in [3.63, 3.8) is 0 Å². The van der Waals surface area contributed by atoms with Crippen LogP contribution in [0.4, 0.5) is 4.39 Å². The summed E-state index contributed by atoms with van der Waals surface area (Å²) in [5, 5.41) is 0. The molecule has 2 aromatic rings. The lowest BCUT2D eigenvalue weighted by molar-refractivity contribution is 0.103. The monoisotopic (exact) mass is 279 g/mol. The summed E-state index contributed by atoms with van der Waals surface area (Å²) in [6.07, 6.45) is 5.10. The third-order valence-corrected chi connectivity index (χ3v) is 2.98. The predicted octanol–water partition coefficient (Wildman–Crippen LogP) is 3.18. The SMILES string of the molecule is CCCCc1[nH]c(=S)[nH]c1C(=O)c1cncc(F)c1. The maximum absolute atomic E-state index is 13.1. The lowest BCUT2D eigenvalue weighted by Crippen LogP contribution is -2.06. The van der Waals surface area contributed by atoms with Crippen LogP contribution in [0, 0.1) is 10.6 Å². The molecule has 0 radical (unpaired) electrons. The Balaban J connectivity index is 2.35. The maximum Gasteiger partial charge on any atom is 0.212 e. The van der Waals surface area contributed by atoms with E-state index >= 15 is 0 Å². The van der Waals surface area contributed by atoms with E-state index in [-0.39, 0.29) is 11.3 Å². The molecule has 100 valence electrons. The van der Waals surface area contributed by atoms with Gasteiger partial charge in [-0.15, -0.1) is 0 Å². The number of hydrogen-bond donors (Lipinski definition) is 2. The zero-order valence-corrected chi connectivity index (χ0v) is 11.3. The molecule has 0 aliphatic carbocycles. The van der Waals surface area contributed by atoms with Gasteiger partial charge in [0.1, 0.15) is 11.5 Å². The number of pyridine rings is 1. The van der Waals surface area contributed by atoms with Crippen LogP contribution in [0.15, 0.2) is 18.5 Å². The fourth-order valence-electron chi connectivity index (χ4n) is 1.84. The second kappa shape index (κ2) is 5.88. The Morgan fingerprint density at radius 1 is 1.42 bits per heavy atom. The maximum atomic E-state index is 13.1. The second-order valence-electron chi connectivity index (χ2n) is 4.26. The van der Waals surface area contributed by atoms with Gasteiger partial charge in [0.25, 0.3) is 0 Å². The molecule has 0 atom stereocenters. The minimum Gasteiger partial charge on any atom is -0.334 e. The van der Waals surface area contributed by atoms with Crippen LogP contribution in [0.2, 0.25) is 0 Å². The van der Waals surface area contributed by atoms with Gasteiger partial charge in [0.05, 0.1) is 6.20 Å². The molecule has 2 aromatic heterocycles. The fourth-order valence-corrected chi connectivity index (χ4v) is 2.06. The zero-order chi connectivity index (χ0) is 13.8. The van der Waals surface area contributed by atoms with E-state index in [0.717, 1.165) is 31.2 Å². The number of ketones is 1. The highest BCUT2D eigenvalue weighted by Gasteiger charge is 2.16. The van der Waals surface area contributed by atoms with E-state index in [0.29, 0.717) is 10.5 Å². The summed E-state index contributed by atoms with van der Waals surface area (Å²) in [4.78, 5) is 21.8. The number of rotatable bonds is 5. The third kappa shape index (κ3) is 3.14. The van der Waals surface area contributed by atoms with Crippen LogP contribution in [0.1, 0.15) is 41.5 Å². The number of halogens is 1. The largest absolute Gasteiger partial charge is 0.334 e. The van der Waals surface area contributed by atoms with Crippen molar-refractivity contribution in [3.05, 3.63) is 46.0 Å². The number of H-pyrrole nitrogens is 2. The summed E-state index contributed by atoms with van der Waals surface area (Å²) in [5.74, 6) is -0.833. The van der Waals surface area contributed by atoms with Crippen molar-refractivity contribution in [3.8, 4) is 0 Å². The Morgan fingerprint density at radius 3 is 2.89 bits per heavy atom. The quantitative estimate of drug-likeness (QED) is 0.652. The third-order valence-electron chi connectivity index (χ3n) is 2.78. The van der Waals surface area contributed by atoms with Gasteiger partial charge in [-0.3, -0.25) is 9.78 Å². The summed E-state index contributed by atoms with van der Waals surface area (Å²) in [6, 6.07) is 1.17. The molecular weight excluding hydrogens is 265 g/mol. The van der Waals surface area contributed by atoms with E-state index in [1.807, 2.05) is 0 Å². The Bertz CT molecular complexity index is 647. The van der Waals surface area contributed by atoms with Gasteiger partial charge in [-0.1, -0.05) is 13.3 Å². The molecule has 0 aliphatic rings. The van der Waals surface area contributed by atoms with E-state index in [2.05, 4.69) is 21.9 Å². The van der Waals surface area contributed by atoms with Crippen molar-refractivity contribution >= 4 is 18.0 Å². The smallest absolute Gasteiger partial charge is 0.212 e. The van der Waals surface area contributed by atoms with Gasteiger partial charge in [0, 0.05) is 17.5 Å². The molecule has 0 spiro atoms. The highest BCUT2D eigenvalue weighted by atomic mass is 32.1. The standard InChI is InChI=1S/C13H14FN3OS/c1-2-3-4-10-11(17-13(19)16-10)12(18)8-5-9(14)7-15-6-8/h5-7H,2-4H2,1H3,(H2,16,17,19). The molecule has 0 saturated carbocycles. The molecule has 0 aliphatic heterocycles. The number of unbranched alkanes of at least 4 members (excludes halogenated alkanes) is 1. The van der Waals surface area contributed by atoms with Crippen molar-refractivity contribution in [1.82, 2.24) is 15.0 Å². The minimum atomic E-state index is -0.532. The van der Waals surface area contributed by atoms with Crippen molar-refractivity contribution < 1.29 is 9.18 Å². The number of aryl methyl sites for hydroxylation is 1.